The fourth-order valence-electron chi connectivity index (χ4n) is 1.19. The van der Waals surface area contributed by atoms with Gasteiger partial charge in [0.05, 0.1) is 11.5 Å². The highest BCUT2D eigenvalue weighted by atomic mass is 32.1. The summed E-state index contributed by atoms with van der Waals surface area (Å²) >= 11 is 1.26. The number of hydrogen-bond donors (Lipinski definition) is 0. The summed E-state index contributed by atoms with van der Waals surface area (Å²) in [6.45, 7) is 5.65. The molecule has 0 fully saturated rings. The zero-order valence-corrected chi connectivity index (χ0v) is 9.99. The summed E-state index contributed by atoms with van der Waals surface area (Å²) < 4.78 is 9.79. The summed E-state index contributed by atoms with van der Waals surface area (Å²) in [5, 5.41) is 3.78. The fourth-order valence-corrected chi connectivity index (χ4v) is 2.01. The molecule has 0 aliphatic carbocycles. The van der Waals surface area contributed by atoms with Crippen LogP contribution in [0.1, 0.15) is 22.5 Å². The van der Waals surface area contributed by atoms with Gasteiger partial charge in [-0.25, -0.2) is 4.79 Å². The lowest BCUT2D eigenvalue weighted by molar-refractivity contribution is 0.0532. The Morgan fingerprint density at radius 1 is 1.65 bits per heavy atom. The lowest BCUT2D eigenvalue weighted by Gasteiger charge is -1.96. The van der Waals surface area contributed by atoms with Gasteiger partial charge in [-0.1, -0.05) is 11.7 Å². The average Bonchev–Trinajstić information content (AvgIpc) is 2.98. The standard InChI is InChI=1S/C11H10N2O3S/c1-3-9-12-10(13-16-9)7-5-6-8(17-7)11(14)15-4-2/h3,5-6H,1,4H2,2H3. The smallest absolute Gasteiger partial charge is 0.348 e. The van der Waals surface area contributed by atoms with Crippen LogP contribution in [0, 0.1) is 0 Å². The summed E-state index contributed by atoms with van der Waals surface area (Å²) in [6, 6.07) is 3.44. The Kier molecular flexibility index (Phi) is 3.34. The van der Waals surface area contributed by atoms with Crippen LogP contribution in [-0.4, -0.2) is 22.7 Å². The normalized spacial score (nSPS) is 10.2. The molecule has 0 aliphatic rings. The Hall–Kier alpha value is -1.95. The molecule has 17 heavy (non-hydrogen) atoms. The molecular weight excluding hydrogens is 240 g/mol. The number of carbonyl (C=O) groups excluding carboxylic acids is 1. The number of nitrogens with zero attached hydrogens (tertiary/aromatic N) is 2. The quantitative estimate of drug-likeness (QED) is 0.780. The Labute approximate surface area is 102 Å². The highest BCUT2D eigenvalue weighted by molar-refractivity contribution is 7.17. The molecule has 2 aromatic rings. The second-order valence-electron chi connectivity index (χ2n) is 3.04. The van der Waals surface area contributed by atoms with Crippen LogP contribution in [0.2, 0.25) is 0 Å². The number of thiophene rings is 1. The van der Waals surface area contributed by atoms with Crippen LogP contribution >= 0.6 is 11.3 Å². The first-order valence-corrected chi connectivity index (χ1v) is 5.79. The Morgan fingerprint density at radius 2 is 2.47 bits per heavy atom. The minimum atomic E-state index is -0.337. The predicted molar refractivity (Wildman–Crippen MR) is 63.7 cm³/mol. The molecule has 0 aromatic carbocycles. The molecule has 0 atom stereocenters. The number of esters is 1. The van der Waals surface area contributed by atoms with Gasteiger partial charge in [0.25, 0.3) is 0 Å². The van der Waals surface area contributed by atoms with Crippen molar-refractivity contribution in [3.05, 3.63) is 29.5 Å². The molecule has 0 N–H and O–H groups in total. The van der Waals surface area contributed by atoms with E-state index in [0.717, 1.165) is 4.88 Å². The van der Waals surface area contributed by atoms with E-state index in [2.05, 4.69) is 16.7 Å². The van der Waals surface area contributed by atoms with Crippen molar-refractivity contribution >= 4 is 23.4 Å². The third kappa shape index (κ3) is 2.42. The number of aromatic nitrogens is 2. The van der Waals surface area contributed by atoms with E-state index in [1.54, 1.807) is 19.1 Å². The topological polar surface area (TPSA) is 65.2 Å². The number of rotatable bonds is 4. The van der Waals surface area contributed by atoms with Gasteiger partial charge in [0.2, 0.25) is 11.7 Å². The third-order valence-electron chi connectivity index (χ3n) is 1.92. The first kappa shape index (κ1) is 11.5. The molecule has 0 aliphatic heterocycles. The van der Waals surface area contributed by atoms with Crippen molar-refractivity contribution in [1.29, 1.82) is 0 Å². The van der Waals surface area contributed by atoms with Gasteiger partial charge < -0.3 is 9.26 Å². The number of hydrogen-bond acceptors (Lipinski definition) is 6. The lowest BCUT2D eigenvalue weighted by Crippen LogP contribution is -2.01. The van der Waals surface area contributed by atoms with E-state index in [-0.39, 0.29) is 5.97 Å². The van der Waals surface area contributed by atoms with Crippen LogP contribution in [0.5, 0.6) is 0 Å². The van der Waals surface area contributed by atoms with Crippen LogP contribution in [0.4, 0.5) is 0 Å². The van der Waals surface area contributed by atoms with Crippen LogP contribution in [0.15, 0.2) is 23.2 Å². The lowest BCUT2D eigenvalue weighted by atomic mass is 10.4. The minimum absolute atomic E-state index is 0.337. The van der Waals surface area contributed by atoms with Crippen molar-refractivity contribution in [2.75, 3.05) is 6.61 Å². The van der Waals surface area contributed by atoms with E-state index in [0.29, 0.717) is 23.2 Å². The minimum Gasteiger partial charge on any atom is -0.462 e. The van der Waals surface area contributed by atoms with Crippen molar-refractivity contribution in [3.63, 3.8) is 0 Å². The van der Waals surface area contributed by atoms with Gasteiger partial charge >= 0.3 is 5.97 Å². The van der Waals surface area contributed by atoms with Gasteiger partial charge in [0, 0.05) is 0 Å². The molecule has 0 radical (unpaired) electrons. The predicted octanol–water partition coefficient (Wildman–Crippen LogP) is 2.62. The third-order valence-corrected chi connectivity index (χ3v) is 2.98. The molecule has 2 heterocycles. The zero-order chi connectivity index (χ0) is 12.3. The SMILES string of the molecule is C=Cc1nc(-c2ccc(C(=O)OCC)s2)no1. The van der Waals surface area contributed by atoms with Gasteiger partial charge in [-0.05, 0) is 25.1 Å². The average molecular weight is 250 g/mol. The van der Waals surface area contributed by atoms with Crippen molar-refractivity contribution in [2.45, 2.75) is 6.92 Å². The maximum Gasteiger partial charge on any atom is 0.348 e. The van der Waals surface area contributed by atoms with Gasteiger partial charge in [-0.2, -0.15) is 4.98 Å². The Morgan fingerprint density at radius 3 is 3.12 bits per heavy atom. The fraction of sp³-hybridized carbons (Fsp3) is 0.182. The summed E-state index contributed by atoms with van der Waals surface area (Å²) in [6.07, 6.45) is 1.47. The molecule has 5 nitrogen and oxygen atoms in total. The van der Waals surface area contributed by atoms with Crippen molar-refractivity contribution in [3.8, 4) is 10.7 Å². The van der Waals surface area contributed by atoms with Crippen molar-refractivity contribution in [2.24, 2.45) is 0 Å². The zero-order valence-electron chi connectivity index (χ0n) is 9.17. The largest absolute Gasteiger partial charge is 0.462 e. The number of carbonyl (C=O) groups is 1. The molecule has 0 saturated carbocycles. The molecule has 0 unspecified atom stereocenters. The van der Waals surface area contributed by atoms with E-state index in [4.69, 9.17) is 9.26 Å². The van der Waals surface area contributed by atoms with Gasteiger partial charge in [-0.3, -0.25) is 0 Å². The first-order valence-electron chi connectivity index (χ1n) is 4.98. The molecule has 2 rings (SSSR count). The van der Waals surface area contributed by atoms with E-state index in [9.17, 15) is 4.79 Å². The first-order chi connectivity index (χ1) is 8.24. The summed E-state index contributed by atoms with van der Waals surface area (Å²) in [5.41, 5.74) is 0. The van der Waals surface area contributed by atoms with E-state index in [1.807, 2.05) is 0 Å². The molecule has 6 heteroatoms. The Bertz CT molecular complexity index is 544. The summed E-state index contributed by atoms with van der Waals surface area (Å²) in [4.78, 5) is 16.8. The van der Waals surface area contributed by atoms with E-state index in [1.165, 1.54) is 17.4 Å². The van der Waals surface area contributed by atoms with Gasteiger partial charge in [0.1, 0.15) is 4.88 Å². The van der Waals surface area contributed by atoms with E-state index < -0.39 is 0 Å². The molecule has 2 aromatic heterocycles. The molecule has 0 amide bonds. The van der Waals surface area contributed by atoms with Gasteiger partial charge in [0.15, 0.2) is 0 Å². The molecule has 88 valence electrons. The van der Waals surface area contributed by atoms with Gasteiger partial charge in [-0.15, -0.1) is 11.3 Å². The summed E-state index contributed by atoms with van der Waals surface area (Å²) in [5.74, 6) is 0.461. The monoisotopic (exact) mass is 250 g/mol. The Balaban J connectivity index is 2.23. The molecular formula is C11H10N2O3S. The highest BCUT2D eigenvalue weighted by Gasteiger charge is 2.14. The van der Waals surface area contributed by atoms with Crippen LogP contribution in [0.3, 0.4) is 0 Å². The van der Waals surface area contributed by atoms with Crippen molar-refractivity contribution < 1.29 is 14.1 Å². The second kappa shape index (κ2) is 4.92. The van der Waals surface area contributed by atoms with Crippen molar-refractivity contribution in [1.82, 2.24) is 10.1 Å². The van der Waals surface area contributed by atoms with Crippen LogP contribution in [-0.2, 0) is 4.74 Å². The highest BCUT2D eigenvalue weighted by Crippen LogP contribution is 2.26. The molecule has 0 bridgehead atoms. The maximum absolute atomic E-state index is 11.5. The number of ether oxygens (including phenoxy) is 1. The van der Waals surface area contributed by atoms with Crippen LogP contribution in [0.25, 0.3) is 16.8 Å². The van der Waals surface area contributed by atoms with E-state index >= 15 is 0 Å². The summed E-state index contributed by atoms with van der Waals surface area (Å²) in [7, 11) is 0. The molecule has 0 saturated heterocycles. The second-order valence-corrected chi connectivity index (χ2v) is 4.13. The maximum atomic E-state index is 11.5. The molecule has 0 spiro atoms. The van der Waals surface area contributed by atoms with Crippen LogP contribution < -0.4 is 0 Å².